The van der Waals surface area contributed by atoms with Crippen molar-refractivity contribution in [1.82, 2.24) is 15.2 Å². The quantitative estimate of drug-likeness (QED) is 0.391. The number of nitrogens with zero attached hydrogens (tertiary/aromatic N) is 3. The van der Waals surface area contributed by atoms with Crippen molar-refractivity contribution in [2.24, 2.45) is 0 Å². The van der Waals surface area contributed by atoms with Crippen molar-refractivity contribution >= 4 is 40.4 Å². The largest absolute Gasteiger partial charge is 0.447 e. The number of hydrogen-bond donors (Lipinski definition) is 1. The summed E-state index contributed by atoms with van der Waals surface area (Å²) in [6.07, 6.45) is -0.337. The van der Waals surface area contributed by atoms with E-state index < -0.39 is 0 Å². The second-order valence-electron chi connectivity index (χ2n) is 6.33. The monoisotopic (exact) mass is 438 g/mol. The van der Waals surface area contributed by atoms with Crippen LogP contribution in [0, 0.1) is 0 Å². The highest BCUT2D eigenvalue weighted by molar-refractivity contribution is 7.98. The second kappa shape index (κ2) is 8.02. The van der Waals surface area contributed by atoms with Gasteiger partial charge in [-0.25, -0.2) is 0 Å². The van der Waals surface area contributed by atoms with Crippen molar-refractivity contribution in [2.45, 2.75) is 17.1 Å². The summed E-state index contributed by atoms with van der Waals surface area (Å²) in [5.41, 5.74) is 3.53. The summed E-state index contributed by atoms with van der Waals surface area (Å²) in [6, 6.07) is 19.8. The van der Waals surface area contributed by atoms with E-state index in [0.29, 0.717) is 22.5 Å². The third-order valence-corrected chi connectivity index (χ3v) is 6.62. The fourth-order valence-corrected chi connectivity index (χ4v) is 4.80. The highest BCUT2D eigenvalue weighted by Crippen LogP contribution is 2.40. The molecule has 0 saturated carbocycles. The van der Waals surface area contributed by atoms with E-state index in [1.54, 1.807) is 11.3 Å². The van der Waals surface area contributed by atoms with E-state index in [-0.39, 0.29) is 6.23 Å². The molecule has 0 unspecified atom stereocenters. The second-order valence-corrected chi connectivity index (χ2v) is 8.66. The maximum absolute atomic E-state index is 6.26. The van der Waals surface area contributed by atoms with Gasteiger partial charge in [-0.1, -0.05) is 65.8 Å². The van der Waals surface area contributed by atoms with Crippen LogP contribution in [0.15, 0.2) is 71.2 Å². The van der Waals surface area contributed by atoms with Crippen LogP contribution in [0.4, 0.5) is 5.69 Å². The number of hydrogen-bond acceptors (Lipinski definition) is 7. The molecule has 8 heteroatoms. The number of ether oxygens (including phenoxy) is 1. The molecule has 4 aromatic rings. The first-order chi connectivity index (χ1) is 14.3. The number of thiophene rings is 1. The van der Waals surface area contributed by atoms with Crippen LogP contribution in [0.1, 0.15) is 16.7 Å². The van der Waals surface area contributed by atoms with Gasteiger partial charge in [-0.15, -0.1) is 21.5 Å². The van der Waals surface area contributed by atoms with Crippen molar-refractivity contribution < 1.29 is 4.74 Å². The fourth-order valence-electron chi connectivity index (χ4n) is 3.04. The maximum atomic E-state index is 6.26. The van der Waals surface area contributed by atoms with Crippen LogP contribution in [-0.2, 0) is 5.75 Å². The van der Waals surface area contributed by atoms with Crippen LogP contribution < -0.4 is 10.1 Å². The lowest BCUT2D eigenvalue weighted by molar-refractivity contribution is 0.229. The Hall–Kier alpha value is -2.61. The molecule has 0 aliphatic carbocycles. The van der Waals surface area contributed by atoms with Gasteiger partial charge in [0.1, 0.15) is 0 Å². The number of para-hydroxylation sites is 1. The minimum absolute atomic E-state index is 0.337. The summed E-state index contributed by atoms with van der Waals surface area (Å²) in [4.78, 5) is 5.73. The molecule has 1 atom stereocenters. The van der Waals surface area contributed by atoms with E-state index in [0.717, 1.165) is 26.7 Å². The highest BCUT2D eigenvalue weighted by Gasteiger charge is 2.26. The van der Waals surface area contributed by atoms with Gasteiger partial charge in [-0.05, 0) is 29.1 Å². The first kappa shape index (κ1) is 18.4. The Kier molecular flexibility index (Phi) is 5.10. The van der Waals surface area contributed by atoms with Crippen molar-refractivity contribution in [1.29, 1.82) is 0 Å². The van der Waals surface area contributed by atoms with E-state index >= 15 is 0 Å². The number of rotatable bonds is 4. The number of halogens is 1. The average Bonchev–Trinajstić information content (AvgIpc) is 3.23. The lowest BCUT2D eigenvalue weighted by atomic mass is 10.1. The Balaban J connectivity index is 1.49. The number of benzene rings is 2. The van der Waals surface area contributed by atoms with Crippen LogP contribution in [-0.4, -0.2) is 15.2 Å². The molecule has 5 rings (SSSR count). The first-order valence-electron chi connectivity index (χ1n) is 8.95. The van der Waals surface area contributed by atoms with Crippen LogP contribution in [0.25, 0.3) is 11.3 Å². The van der Waals surface area contributed by atoms with Gasteiger partial charge in [0.05, 0.1) is 4.88 Å². The molecule has 144 valence electrons. The molecule has 1 aliphatic rings. The van der Waals surface area contributed by atoms with Crippen LogP contribution >= 0.6 is 34.7 Å². The molecule has 0 amide bonds. The number of nitrogens with one attached hydrogen (secondary N) is 1. The topological polar surface area (TPSA) is 59.9 Å². The SMILES string of the molecule is Clc1ccccc1CSc1nnc2c(n1)O[C@@H](c1cccs1)Nc1ccccc1-2. The lowest BCUT2D eigenvalue weighted by Gasteiger charge is -2.17. The minimum atomic E-state index is -0.337. The molecule has 1 aliphatic heterocycles. The molecule has 2 aromatic heterocycles. The van der Waals surface area contributed by atoms with E-state index in [1.807, 2.05) is 66.0 Å². The van der Waals surface area contributed by atoms with Crippen molar-refractivity contribution in [3.8, 4) is 17.1 Å². The Morgan fingerprint density at radius 3 is 2.76 bits per heavy atom. The van der Waals surface area contributed by atoms with Gasteiger partial charge in [0, 0.05) is 22.0 Å². The number of anilines is 1. The molecule has 0 spiro atoms. The Labute approximate surface area is 181 Å². The molecular weight excluding hydrogens is 424 g/mol. The zero-order valence-corrected chi connectivity index (χ0v) is 17.5. The predicted molar refractivity (Wildman–Crippen MR) is 118 cm³/mol. The highest BCUT2D eigenvalue weighted by atomic mass is 35.5. The third-order valence-electron chi connectivity index (χ3n) is 4.45. The van der Waals surface area contributed by atoms with E-state index in [2.05, 4.69) is 20.5 Å². The summed E-state index contributed by atoms with van der Waals surface area (Å²) in [5, 5.41) is 15.5. The molecule has 2 aromatic carbocycles. The van der Waals surface area contributed by atoms with Gasteiger partial charge >= 0.3 is 0 Å². The molecule has 0 bridgehead atoms. The van der Waals surface area contributed by atoms with Crippen LogP contribution in [0.5, 0.6) is 5.88 Å². The van der Waals surface area contributed by atoms with Gasteiger partial charge in [0.15, 0.2) is 5.69 Å². The van der Waals surface area contributed by atoms with E-state index in [1.165, 1.54) is 11.8 Å². The molecule has 5 nitrogen and oxygen atoms in total. The van der Waals surface area contributed by atoms with E-state index in [9.17, 15) is 0 Å². The molecule has 3 heterocycles. The smallest absolute Gasteiger partial charge is 0.247 e. The number of thioether (sulfide) groups is 1. The fraction of sp³-hybridized carbons (Fsp3) is 0.0952. The molecule has 0 fully saturated rings. The van der Waals surface area contributed by atoms with Gasteiger partial charge in [-0.3, -0.25) is 0 Å². The molecule has 29 heavy (non-hydrogen) atoms. The molecule has 1 N–H and O–H groups in total. The standard InChI is InChI=1S/C21H15ClN4OS2/c22-15-8-3-1-6-13(15)12-29-21-24-20-18(25-26-21)14-7-2-4-9-16(14)23-19(27-20)17-10-5-11-28-17/h1-11,19,23H,12H2/t19-/m0/s1. The van der Waals surface area contributed by atoms with Gasteiger partial charge in [0.2, 0.25) is 17.3 Å². The van der Waals surface area contributed by atoms with Crippen LogP contribution in [0.3, 0.4) is 0 Å². The van der Waals surface area contributed by atoms with Crippen molar-refractivity contribution in [3.63, 3.8) is 0 Å². The summed E-state index contributed by atoms with van der Waals surface area (Å²) >= 11 is 9.37. The predicted octanol–water partition coefficient (Wildman–Crippen LogP) is 6.05. The zero-order chi connectivity index (χ0) is 19.6. The van der Waals surface area contributed by atoms with Crippen LogP contribution in [0.2, 0.25) is 5.02 Å². The third kappa shape index (κ3) is 3.81. The number of aromatic nitrogens is 3. The van der Waals surface area contributed by atoms with E-state index in [4.69, 9.17) is 16.3 Å². The van der Waals surface area contributed by atoms with Gasteiger partial charge in [0.25, 0.3) is 0 Å². The molecular formula is C21H15ClN4OS2. The zero-order valence-electron chi connectivity index (χ0n) is 15.1. The first-order valence-corrected chi connectivity index (χ1v) is 11.2. The summed E-state index contributed by atoms with van der Waals surface area (Å²) in [6.45, 7) is 0. The average molecular weight is 439 g/mol. The minimum Gasteiger partial charge on any atom is -0.447 e. The Morgan fingerprint density at radius 1 is 1.03 bits per heavy atom. The van der Waals surface area contributed by atoms with Gasteiger partial charge < -0.3 is 10.1 Å². The Bertz CT molecular complexity index is 1150. The van der Waals surface area contributed by atoms with Crippen molar-refractivity contribution in [2.75, 3.05) is 5.32 Å². The number of fused-ring (bicyclic) bond motifs is 3. The summed E-state index contributed by atoms with van der Waals surface area (Å²) in [7, 11) is 0. The molecule has 0 radical (unpaired) electrons. The summed E-state index contributed by atoms with van der Waals surface area (Å²) < 4.78 is 6.25. The normalized spacial score (nSPS) is 14.9. The summed E-state index contributed by atoms with van der Waals surface area (Å²) in [5.74, 6) is 1.13. The maximum Gasteiger partial charge on any atom is 0.247 e. The molecule has 0 saturated heterocycles. The van der Waals surface area contributed by atoms with Gasteiger partial charge in [-0.2, -0.15) is 4.98 Å². The van der Waals surface area contributed by atoms with Crippen molar-refractivity contribution in [3.05, 3.63) is 81.5 Å². The Morgan fingerprint density at radius 2 is 1.90 bits per heavy atom. The lowest BCUT2D eigenvalue weighted by Crippen LogP contribution is -2.15.